The van der Waals surface area contributed by atoms with Gasteiger partial charge in [-0.05, 0) is 38.5 Å². The number of halogens is 1. The summed E-state index contributed by atoms with van der Waals surface area (Å²) in [6.45, 7) is 6.35. The average Bonchev–Trinajstić information content (AvgIpc) is 2.98. The topological polar surface area (TPSA) is 84.6 Å². The first-order valence-corrected chi connectivity index (χ1v) is 9.48. The first-order chi connectivity index (χ1) is 13.4. The number of hydrogen-bond donors (Lipinski definition) is 1. The van der Waals surface area contributed by atoms with Crippen LogP contribution in [-0.2, 0) is 6.54 Å². The minimum absolute atomic E-state index is 0.114. The van der Waals surface area contributed by atoms with Gasteiger partial charge < -0.3 is 20.3 Å². The molecule has 7 nitrogen and oxygen atoms in total. The van der Waals surface area contributed by atoms with E-state index in [-0.39, 0.29) is 30.1 Å². The number of rotatable bonds is 2. The molecule has 2 aromatic rings. The molecular weight excluding hydrogens is 361 g/mol. The third-order valence-electron chi connectivity index (χ3n) is 5.37. The zero-order valence-electron chi connectivity index (χ0n) is 16.1. The van der Waals surface area contributed by atoms with Crippen LogP contribution < -0.4 is 15.4 Å². The van der Waals surface area contributed by atoms with Gasteiger partial charge in [-0.2, -0.15) is 0 Å². The maximum atomic E-state index is 13.6. The van der Waals surface area contributed by atoms with E-state index in [1.54, 1.807) is 11.0 Å². The lowest BCUT2D eigenvalue weighted by Gasteiger charge is -2.23. The number of benzene rings is 1. The van der Waals surface area contributed by atoms with Gasteiger partial charge in [-0.1, -0.05) is 0 Å². The fraction of sp³-hybridized carbons (Fsp3) is 0.450. The van der Waals surface area contributed by atoms with Crippen molar-refractivity contribution < 1.29 is 13.9 Å². The van der Waals surface area contributed by atoms with E-state index in [0.717, 1.165) is 36.6 Å². The van der Waals surface area contributed by atoms with Gasteiger partial charge in [0.25, 0.3) is 5.91 Å². The Morgan fingerprint density at radius 2 is 2.11 bits per heavy atom. The molecular formula is C20H24FN5O2. The van der Waals surface area contributed by atoms with Gasteiger partial charge >= 0.3 is 0 Å². The zero-order chi connectivity index (χ0) is 19.8. The summed E-state index contributed by atoms with van der Waals surface area (Å²) in [6.07, 6.45) is 0.900. The Morgan fingerprint density at radius 3 is 2.86 bits per heavy atom. The number of hydrogen-bond acceptors (Lipinski definition) is 6. The molecule has 4 rings (SSSR count). The van der Waals surface area contributed by atoms with Crippen LogP contribution in [0.25, 0.3) is 0 Å². The summed E-state index contributed by atoms with van der Waals surface area (Å²) in [5.74, 6) is 0.879. The summed E-state index contributed by atoms with van der Waals surface area (Å²) in [5, 5.41) is 0. The molecule has 0 aliphatic carbocycles. The highest BCUT2D eigenvalue weighted by molar-refractivity contribution is 5.91. The van der Waals surface area contributed by atoms with Crippen LogP contribution in [0.5, 0.6) is 5.75 Å². The number of aromatic nitrogens is 2. The van der Waals surface area contributed by atoms with Gasteiger partial charge in [0, 0.05) is 42.5 Å². The maximum Gasteiger partial charge on any atom is 0.292 e. The summed E-state index contributed by atoms with van der Waals surface area (Å²) < 4.78 is 19.3. The molecule has 1 atom stereocenters. The van der Waals surface area contributed by atoms with Crippen molar-refractivity contribution in [3.63, 3.8) is 0 Å². The van der Waals surface area contributed by atoms with Crippen LogP contribution in [0.1, 0.15) is 33.9 Å². The van der Waals surface area contributed by atoms with Crippen LogP contribution in [0.4, 0.5) is 10.2 Å². The third-order valence-corrected chi connectivity index (χ3v) is 5.37. The molecule has 0 bridgehead atoms. The lowest BCUT2D eigenvalue weighted by Crippen LogP contribution is -2.35. The van der Waals surface area contributed by atoms with Crippen molar-refractivity contribution in [2.75, 3.05) is 31.1 Å². The van der Waals surface area contributed by atoms with E-state index in [1.807, 2.05) is 13.8 Å². The molecule has 8 heteroatoms. The molecule has 0 spiro atoms. The molecule has 1 aromatic heterocycles. The van der Waals surface area contributed by atoms with E-state index in [1.165, 1.54) is 12.1 Å². The molecule has 28 heavy (non-hydrogen) atoms. The molecule has 2 N–H and O–H groups in total. The molecule has 0 radical (unpaired) electrons. The Bertz CT molecular complexity index is 920. The van der Waals surface area contributed by atoms with Crippen LogP contribution >= 0.6 is 0 Å². The van der Waals surface area contributed by atoms with Crippen LogP contribution in [0, 0.1) is 19.7 Å². The van der Waals surface area contributed by atoms with Gasteiger partial charge in [-0.3, -0.25) is 4.79 Å². The molecule has 2 aliphatic heterocycles. The van der Waals surface area contributed by atoms with E-state index >= 15 is 0 Å². The molecule has 1 fully saturated rings. The lowest BCUT2D eigenvalue weighted by atomic mass is 10.2. The van der Waals surface area contributed by atoms with Gasteiger partial charge in [-0.25, -0.2) is 14.4 Å². The number of nitrogens with zero attached hydrogens (tertiary/aromatic N) is 4. The van der Waals surface area contributed by atoms with E-state index in [0.29, 0.717) is 24.5 Å². The minimum Gasteiger partial charge on any atom is -0.491 e. The number of aryl methyl sites for hydroxylation is 1. The van der Waals surface area contributed by atoms with Crippen molar-refractivity contribution in [1.29, 1.82) is 0 Å². The maximum absolute atomic E-state index is 13.6. The zero-order valence-corrected chi connectivity index (χ0v) is 16.1. The van der Waals surface area contributed by atoms with Gasteiger partial charge in [0.05, 0.1) is 6.54 Å². The molecule has 0 unspecified atom stereocenters. The molecule has 3 heterocycles. The Labute approximate surface area is 163 Å². The van der Waals surface area contributed by atoms with Gasteiger partial charge in [0.1, 0.15) is 24.0 Å². The smallest absolute Gasteiger partial charge is 0.292 e. The quantitative estimate of drug-likeness (QED) is 0.849. The number of anilines is 1. The largest absolute Gasteiger partial charge is 0.491 e. The predicted octanol–water partition coefficient (Wildman–Crippen LogP) is 1.80. The first-order valence-electron chi connectivity index (χ1n) is 9.48. The first kappa shape index (κ1) is 18.6. The van der Waals surface area contributed by atoms with Crippen molar-refractivity contribution in [1.82, 2.24) is 14.9 Å². The Morgan fingerprint density at radius 1 is 1.29 bits per heavy atom. The number of amides is 1. The second kappa shape index (κ2) is 7.35. The predicted molar refractivity (Wildman–Crippen MR) is 103 cm³/mol. The van der Waals surface area contributed by atoms with Crippen molar-refractivity contribution in [2.45, 2.75) is 32.9 Å². The van der Waals surface area contributed by atoms with Crippen LogP contribution in [0.2, 0.25) is 0 Å². The summed E-state index contributed by atoms with van der Waals surface area (Å²) in [6, 6.07) is 4.47. The van der Waals surface area contributed by atoms with E-state index in [2.05, 4.69) is 14.9 Å². The van der Waals surface area contributed by atoms with Crippen LogP contribution in [-0.4, -0.2) is 53.1 Å². The van der Waals surface area contributed by atoms with Gasteiger partial charge in [-0.15, -0.1) is 0 Å². The Balaban J connectivity index is 1.63. The number of nitrogens with two attached hydrogens (primary N) is 1. The SMILES string of the molecule is Cc1nc(C(=O)N2CCOc3ccc(F)cc3C2)nc(N2CC[C@@H](N)C2)c1C. The highest BCUT2D eigenvalue weighted by atomic mass is 19.1. The summed E-state index contributed by atoms with van der Waals surface area (Å²) >= 11 is 0. The number of carbonyl (C=O) groups is 1. The summed E-state index contributed by atoms with van der Waals surface area (Å²) in [4.78, 5) is 25.9. The van der Waals surface area contributed by atoms with Gasteiger partial charge in [0.15, 0.2) is 0 Å². The highest BCUT2D eigenvalue weighted by Gasteiger charge is 2.27. The lowest BCUT2D eigenvalue weighted by molar-refractivity contribution is 0.0720. The molecule has 1 aromatic carbocycles. The Kier molecular flexibility index (Phi) is 4.89. The van der Waals surface area contributed by atoms with Crippen molar-refractivity contribution in [2.24, 2.45) is 5.73 Å². The minimum atomic E-state index is -0.355. The van der Waals surface area contributed by atoms with Crippen LogP contribution in [0.3, 0.4) is 0 Å². The highest BCUT2D eigenvalue weighted by Crippen LogP contribution is 2.26. The fourth-order valence-electron chi connectivity index (χ4n) is 3.67. The standard InChI is InChI=1S/C20H24FN5O2/c1-12-13(2)23-18(24-19(12)25-6-5-16(22)11-25)20(27)26-7-8-28-17-4-3-15(21)9-14(17)10-26/h3-4,9,16H,5-8,10-11,22H2,1-2H3/t16-/m1/s1. The molecule has 1 saturated heterocycles. The number of ether oxygens (including phenoxy) is 1. The fourth-order valence-corrected chi connectivity index (χ4v) is 3.67. The monoisotopic (exact) mass is 385 g/mol. The second-order valence-corrected chi connectivity index (χ2v) is 7.40. The third kappa shape index (κ3) is 3.52. The van der Waals surface area contributed by atoms with E-state index in [4.69, 9.17) is 10.5 Å². The van der Waals surface area contributed by atoms with Crippen molar-refractivity contribution in [3.8, 4) is 5.75 Å². The summed E-state index contributed by atoms with van der Waals surface area (Å²) in [5.41, 5.74) is 8.40. The Hall–Kier alpha value is -2.74. The van der Waals surface area contributed by atoms with Crippen LogP contribution in [0.15, 0.2) is 18.2 Å². The number of carbonyl (C=O) groups excluding carboxylic acids is 1. The molecule has 0 saturated carbocycles. The van der Waals surface area contributed by atoms with Crippen molar-refractivity contribution in [3.05, 3.63) is 46.7 Å². The normalized spacial score (nSPS) is 19.2. The average molecular weight is 385 g/mol. The van der Waals surface area contributed by atoms with E-state index in [9.17, 15) is 9.18 Å². The molecule has 1 amide bonds. The second-order valence-electron chi connectivity index (χ2n) is 7.40. The van der Waals surface area contributed by atoms with E-state index < -0.39 is 0 Å². The molecule has 2 aliphatic rings. The molecule has 148 valence electrons. The van der Waals surface area contributed by atoms with Crippen molar-refractivity contribution >= 4 is 11.7 Å². The summed E-state index contributed by atoms with van der Waals surface area (Å²) in [7, 11) is 0. The number of fused-ring (bicyclic) bond motifs is 1. The van der Waals surface area contributed by atoms with Gasteiger partial charge in [0.2, 0.25) is 5.82 Å².